The first-order chi connectivity index (χ1) is 9.13. The van der Waals surface area contributed by atoms with Gasteiger partial charge in [-0.1, -0.05) is 26.0 Å². The average Bonchev–Trinajstić information content (AvgIpc) is 2.41. The standard InChI is InChI=1S/C15H23FN2O.ClH/c1-3-17-9-10-18-15(19)12(2)7-8-13-5-4-6-14(16)11-13;/h4-6,11-12,17H,3,7-10H2,1-2H3,(H,18,19);1H. The molecule has 0 aliphatic heterocycles. The minimum absolute atomic E-state index is 0. The topological polar surface area (TPSA) is 41.1 Å². The lowest BCUT2D eigenvalue weighted by Gasteiger charge is -2.12. The van der Waals surface area contributed by atoms with E-state index in [4.69, 9.17) is 0 Å². The molecule has 1 aromatic rings. The first-order valence-corrected chi connectivity index (χ1v) is 6.86. The molecular formula is C15H24ClFN2O. The molecule has 20 heavy (non-hydrogen) atoms. The quantitative estimate of drug-likeness (QED) is 0.725. The molecule has 1 atom stereocenters. The summed E-state index contributed by atoms with van der Waals surface area (Å²) >= 11 is 0. The molecular weight excluding hydrogens is 279 g/mol. The molecule has 1 unspecified atom stereocenters. The Morgan fingerprint density at radius 2 is 2.10 bits per heavy atom. The molecule has 0 aliphatic rings. The predicted molar refractivity (Wildman–Crippen MR) is 82.7 cm³/mol. The Balaban J connectivity index is 0.00000361. The lowest BCUT2D eigenvalue weighted by molar-refractivity contribution is -0.124. The monoisotopic (exact) mass is 302 g/mol. The summed E-state index contributed by atoms with van der Waals surface area (Å²) in [4.78, 5) is 11.8. The highest BCUT2D eigenvalue weighted by Gasteiger charge is 2.12. The first kappa shape index (κ1) is 18.9. The number of carbonyl (C=O) groups excluding carboxylic acids is 1. The number of aryl methyl sites for hydroxylation is 1. The Morgan fingerprint density at radius 1 is 1.35 bits per heavy atom. The van der Waals surface area contributed by atoms with Crippen molar-refractivity contribution >= 4 is 18.3 Å². The number of carbonyl (C=O) groups is 1. The largest absolute Gasteiger partial charge is 0.355 e. The zero-order valence-corrected chi connectivity index (χ0v) is 12.9. The van der Waals surface area contributed by atoms with Gasteiger partial charge in [0.1, 0.15) is 5.82 Å². The van der Waals surface area contributed by atoms with Crippen molar-refractivity contribution in [2.75, 3.05) is 19.6 Å². The Hall–Kier alpha value is -1.13. The van der Waals surface area contributed by atoms with E-state index in [2.05, 4.69) is 10.6 Å². The van der Waals surface area contributed by atoms with Crippen molar-refractivity contribution in [1.82, 2.24) is 10.6 Å². The van der Waals surface area contributed by atoms with Crippen LogP contribution >= 0.6 is 12.4 Å². The van der Waals surface area contributed by atoms with Gasteiger partial charge >= 0.3 is 0 Å². The maximum Gasteiger partial charge on any atom is 0.222 e. The lowest BCUT2D eigenvalue weighted by atomic mass is 10.0. The summed E-state index contributed by atoms with van der Waals surface area (Å²) < 4.78 is 13.0. The van der Waals surface area contributed by atoms with Gasteiger partial charge in [0.05, 0.1) is 0 Å². The van der Waals surface area contributed by atoms with Crippen LogP contribution in [0.3, 0.4) is 0 Å². The van der Waals surface area contributed by atoms with Crippen molar-refractivity contribution in [2.24, 2.45) is 5.92 Å². The first-order valence-electron chi connectivity index (χ1n) is 6.86. The van der Waals surface area contributed by atoms with E-state index in [0.717, 1.165) is 31.5 Å². The van der Waals surface area contributed by atoms with Gasteiger partial charge in [-0.3, -0.25) is 4.79 Å². The number of likely N-dealkylation sites (N-methyl/N-ethyl adjacent to an activating group) is 1. The second-order valence-electron chi connectivity index (χ2n) is 4.71. The van der Waals surface area contributed by atoms with Crippen molar-refractivity contribution in [3.63, 3.8) is 0 Å². The number of hydrogen-bond acceptors (Lipinski definition) is 2. The van der Waals surface area contributed by atoms with Crippen LogP contribution in [0.2, 0.25) is 0 Å². The van der Waals surface area contributed by atoms with Crippen LogP contribution < -0.4 is 10.6 Å². The molecule has 0 aromatic heterocycles. The third-order valence-corrected chi connectivity index (χ3v) is 3.05. The van der Waals surface area contributed by atoms with Crippen LogP contribution in [0.15, 0.2) is 24.3 Å². The Bertz CT molecular complexity index is 401. The Labute approximate surface area is 126 Å². The second kappa shape index (κ2) is 10.6. The number of amides is 1. The number of halogens is 2. The van der Waals surface area contributed by atoms with Crippen LogP contribution in [0.5, 0.6) is 0 Å². The van der Waals surface area contributed by atoms with E-state index in [1.54, 1.807) is 6.07 Å². The van der Waals surface area contributed by atoms with Gasteiger partial charge in [-0.25, -0.2) is 4.39 Å². The fourth-order valence-corrected chi connectivity index (χ4v) is 1.83. The molecule has 0 fully saturated rings. The summed E-state index contributed by atoms with van der Waals surface area (Å²) in [5.74, 6) is -0.209. The van der Waals surface area contributed by atoms with Crippen LogP contribution in [0.4, 0.5) is 4.39 Å². The van der Waals surface area contributed by atoms with Gasteiger partial charge < -0.3 is 10.6 Å². The molecule has 1 amide bonds. The third-order valence-electron chi connectivity index (χ3n) is 3.05. The molecule has 0 radical (unpaired) electrons. The number of benzene rings is 1. The zero-order valence-electron chi connectivity index (χ0n) is 12.1. The summed E-state index contributed by atoms with van der Waals surface area (Å²) in [6.07, 6.45) is 1.45. The maximum absolute atomic E-state index is 13.0. The van der Waals surface area contributed by atoms with E-state index in [-0.39, 0.29) is 30.0 Å². The molecule has 0 aliphatic carbocycles. The smallest absolute Gasteiger partial charge is 0.222 e. The minimum Gasteiger partial charge on any atom is -0.355 e. The maximum atomic E-state index is 13.0. The van der Waals surface area contributed by atoms with Crippen molar-refractivity contribution in [1.29, 1.82) is 0 Å². The predicted octanol–water partition coefficient (Wildman–Crippen LogP) is 2.54. The van der Waals surface area contributed by atoms with Gasteiger partial charge in [0, 0.05) is 19.0 Å². The Kier molecular flexibility index (Phi) is 10.0. The van der Waals surface area contributed by atoms with Crippen molar-refractivity contribution in [3.05, 3.63) is 35.6 Å². The molecule has 5 heteroatoms. The van der Waals surface area contributed by atoms with Crippen molar-refractivity contribution in [3.8, 4) is 0 Å². The zero-order chi connectivity index (χ0) is 14.1. The number of rotatable bonds is 8. The molecule has 1 rings (SSSR count). The van der Waals surface area contributed by atoms with Crippen LogP contribution in [-0.2, 0) is 11.2 Å². The van der Waals surface area contributed by atoms with Gasteiger partial charge in [0.2, 0.25) is 5.91 Å². The fraction of sp³-hybridized carbons (Fsp3) is 0.533. The van der Waals surface area contributed by atoms with Crippen LogP contribution in [-0.4, -0.2) is 25.5 Å². The summed E-state index contributed by atoms with van der Waals surface area (Å²) in [7, 11) is 0. The van der Waals surface area contributed by atoms with Gasteiger partial charge in [-0.15, -0.1) is 12.4 Å². The minimum atomic E-state index is -0.222. The summed E-state index contributed by atoms with van der Waals surface area (Å²) in [6, 6.07) is 6.54. The second-order valence-corrected chi connectivity index (χ2v) is 4.71. The van der Waals surface area contributed by atoms with Gasteiger partial charge in [-0.05, 0) is 37.1 Å². The summed E-state index contributed by atoms with van der Waals surface area (Å²) in [6.45, 7) is 6.28. The SMILES string of the molecule is CCNCCNC(=O)C(C)CCc1cccc(F)c1.Cl. The van der Waals surface area contributed by atoms with Crippen LogP contribution in [0, 0.1) is 11.7 Å². The van der Waals surface area contributed by atoms with E-state index in [9.17, 15) is 9.18 Å². The third kappa shape index (κ3) is 7.46. The number of hydrogen-bond donors (Lipinski definition) is 2. The molecule has 0 saturated heterocycles. The molecule has 0 bridgehead atoms. The van der Waals surface area contributed by atoms with Crippen LogP contribution in [0.1, 0.15) is 25.8 Å². The van der Waals surface area contributed by atoms with E-state index < -0.39 is 0 Å². The van der Waals surface area contributed by atoms with E-state index in [1.165, 1.54) is 12.1 Å². The summed E-state index contributed by atoms with van der Waals surface area (Å²) in [5, 5.41) is 6.04. The Morgan fingerprint density at radius 3 is 2.75 bits per heavy atom. The molecule has 1 aromatic carbocycles. The molecule has 0 heterocycles. The molecule has 0 spiro atoms. The molecule has 2 N–H and O–H groups in total. The average molecular weight is 303 g/mol. The molecule has 3 nitrogen and oxygen atoms in total. The lowest BCUT2D eigenvalue weighted by Crippen LogP contribution is -2.35. The molecule has 0 saturated carbocycles. The summed E-state index contributed by atoms with van der Waals surface area (Å²) in [5.41, 5.74) is 0.937. The van der Waals surface area contributed by atoms with Crippen LogP contribution in [0.25, 0.3) is 0 Å². The highest BCUT2D eigenvalue weighted by atomic mass is 35.5. The van der Waals surface area contributed by atoms with Gasteiger partial charge in [0.25, 0.3) is 0 Å². The van der Waals surface area contributed by atoms with Crippen molar-refractivity contribution < 1.29 is 9.18 Å². The van der Waals surface area contributed by atoms with E-state index in [0.29, 0.717) is 6.54 Å². The van der Waals surface area contributed by atoms with Crippen molar-refractivity contribution in [2.45, 2.75) is 26.7 Å². The normalized spacial score (nSPS) is 11.6. The number of nitrogens with one attached hydrogen (secondary N) is 2. The highest BCUT2D eigenvalue weighted by Crippen LogP contribution is 2.11. The van der Waals surface area contributed by atoms with E-state index >= 15 is 0 Å². The van der Waals surface area contributed by atoms with Gasteiger partial charge in [-0.2, -0.15) is 0 Å². The molecule has 114 valence electrons. The highest BCUT2D eigenvalue weighted by molar-refractivity contribution is 5.85. The van der Waals surface area contributed by atoms with E-state index in [1.807, 2.05) is 19.9 Å². The fourth-order valence-electron chi connectivity index (χ4n) is 1.83. The van der Waals surface area contributed by atoms with Gasteiger partial charge in [0.15, 0.2) is 0 Å².